The van der Waals surface area contributed by atoms with Crippen LogP contribution in [0.15, 0.2) is 71.3 Å². The Morgan fingerprint density at radius 1 is 1.00 bits per heavy atom. The van der Waals surface area contributed by atoms with Crippen LogP contribution in [0.2, 0.25) is 15.1 Å². The van der Waals surface area contributed by atoms with E-state index in [0.717, 1.165) is 21.8 Å². The number of nitrogens with one attached hydrogen (secondary N) is 1. The molecule has 28 heavy (non-hydrogen) atoms. The Kier molecular flexibility index (Phi) is 5.69. The van der Waals surface area contributed by atoms with E-state index < -0.39 is 0 Å². The third kappa shape index (κ3) is 4.08. The normalized spacial score (nSPS) is 11.2. The van der Waals surface area contributed by atoms with Crippen molar-refractivity contribution in [3.63, 3.8) is 0 Å². The summed E-state index contributed by atoms with van der Waals surface area (Å²) >= 11 is 19.9. The predicted octanol–water partition coefficient (Wildman–Crippen LogP) is 7.01. The highest BCUT2D eigenvalue weighted by Crippen LogP contribution is 2.33. The van der Waals surface area contributed by atoms with Crippen LogP contribution in [0.4, 0.5) is 5.69 Å². The molecule has 8 heteroatoms. The van der Waals surface area contributed by atoms with Crippen LogP contribution in [0, 0.1) is 0 Å². The number of hydrogen-bond acceptors (Lipinski definition) is 4. The minimum atomic E-state index is 0.396. The third-order valence-electron chi connectivity index (χ3n) is 3.91. The first-order valence-electron chi connectivity index (χ1n) is 8.24. The van der Waals surface area contributed by atoms with Crippen molar-refractivity contribution in [3.8, 4) is 16.3 Å². The molecule has 0 fully saturated rings. The molecule has 4 aromatic rings. The molecule has 0 aliphatic heterocycles. The van der Waals surface area contributed by atoms with Crippen LogP contribution in [-0.2, 0) is 0 Å². The molecule has 0 amide bonds. The summed E-state index contributed by atoms with van der Waals surface area (Å²) in [5.41, 5.74) is 6.07. The van der Waals surface area contributed by atoms with Gasteiger partial charge in [-0.25, -0.2) is 4.68 Å². The zero-order chi connectivity index (χ0) is 19.5. The van der Waals surface area contributed by atoms with E-state index in [4.69, 9.17) is 39.9 Å². The maximum Gasteiger partial charge on any atom is 0.117 e. The second kappa shape index (κ2) is 8.37. The lowest BCUT2D eigenvalue weighted by atomic mass is 10.1. The van der Waals surface area contributed by atoms with Crippen LogP contribution in [-0.4, -0.2) is 16.0 Å². The maximum absolute atomic E-state index is 6.20. The van der Waals surface area contributed by atoms with Gasteiger partial charge in [0.25, 0.3) is 0 Å². The first-order chi connectivity index (χ1) is 13.6. The summed E-state index contributed by atoms with van der Waals surface area (Å²) in [4.78, 5) is 0. The van der Waals surface area contributed by atoms with Gasteiger partial charge in [0.05, 0.1) is 21.9 Å². The fraction of sp³-hybridized carbons (Fsp3) is 0. The van der Waals surface area contributed by atoms with Crippen molar-refractivity contribution < 1.29 is 0 Å². The Labute approximate surface area is 181 Å². The Morgan fingerprint density at radius 2 is 1.75 bits per heavy atom. The molecule has 0 saturated heterocycles. The average molecular weight is 448 g/mol. The largest absolute Gasteiger partial charge is 0.275 e. The fourth-order valence-electron chi connectivity index (χ4n) is 2.63. The summed E-state index contributed by atoms with van der Waals surface area (Å²) in [6.45, 7) is 0. The molecule has 140 valence electrons. The van der Waals surface area contributed by atoms with Crippen molar-refractivity contribution in [2.75, 3.05) is 5.43 Å². The Hall–Kier alpha value is -2.31. The lowest BCUT2D eigenvalue weighted by Crippen LogP contribution is -1.93. The van der Waals surface area contributed by atoms with Crippen molar-refractivity contribution in [1.29, 1.82) is 0 Å². The van der Waals surface area contributed by atoms with Crippen LogP contribution in [0.3, 0.4) is 0 Å². The summed E-state index contributed by atoms with van der Waals surface area (Å²) in [6.07, 6.45) is 3.63. The zero-order valence-corrected chi connectivity index (χ0v) is 17.4. The minimum absolute atomic E-state index is 0.396. The van der Waals surface area contributed by atoms with Gasteiger partial charge >= 0.3 is 0 Å². The van der Waals surface area contributed by atoms with E-state index in [-0.39, 0.29) is 0 Å². The number of benzene rings is 2. The summed E-state index contributed by atoms with van der Waals surface area (Å²) < 4.78 is 1.84. The van der Waals surface area contributed by atoms with Crippen LogP contribution in [0.5, 0.6) is 0 Å². The van der Waals surface area contributed by atoms with Gasteiger partial charge in [0.2, 0.25) is 0 Å². The van der Waals surface area contributed by atoms with Crippen LogP contribution in [0.25, 0.3) is 16.3 Å². The van der Waals surface area contributed by atoms with Gasteiger partial charge in [-0.05, 0) is 29.6 Å². The third-order valence-corrected chi connectivity index (χ3v) is 5.58. The molecule has 0 aliphatic carbocycles. The lowest BCUT2D eigenvalue weighted by molar-refractivity contribution is 0.901. The van der Waals surface area contributed by atoms with Crippen molar-refractivity contribution >= 4 is 58.0 Å². The number of anilines is 1. The van der Waals surface area contributed by atoms with Gasteiger partial charge < -0.3 is 0 Å². The second-order valence-corrected chi connectivity index (χ2v) is 7.99. The van der Waals surface area contributed by atoms with E-state index in [1.807, 2.05) is 58.7 Å². The maximum atomic E-state index is 6.20. The molecule has 2 aromatic carbocycles. The number of aromatic nitrogens is 2. The molecule has 0 aliphatic rings. The van der Waals surface area contributed by atoms with Gasteiger partial charge in [-0.3, -0.25) is 5.43 Å². The predicted molar refractivity (Wildman–Crippen MR) is 120 cm³/mol. The van der Waals surface area contributed by atoms with Gasteiger partial charge in [0, 0.05) is 22.3 Å². The molecule has 0 saturated carbocycles. The number of rotatable bonds is 5. The van der Waals surface area contributed by atoms with E-state index in [1.165, 1.54) is 0 Å². The number of hydrogen-bond donors (Lipinski definition) is 1. The van der Waals surface area contributed by atoms with Gasteiger partial charge in [-0.2, -0.15) is 10.2 Å². The molecule has 2 heterocycles. The summed E-state index contributed by atoms with van der Waals surface area (Å²) in [5.74, 6) is 0. The highest BCUT2D eigenvalue weighted by molar-refractivity contribution is 7.12. The van der Waals surface area contributed by atoms with E-state index in [9.17, 15) is 0 Å². The van der Waals surface area contributed by atoms with Gasteiger partial charge in [0.1, 0.15) is 10.7 Å². The highest BCUT2D eigenvalue weighted by Gasteiger charge is 2.12. The Bertz CT molecular complexity index is 1100. The van der Waals surface area contributed by atoms with Crippen LogP contribution < -0.4 is 5.43 Å². The number of halogens is 3. The number of hydrazone groups is 1. The second-order valence-electron chi connectivity index (χ2n) is 5.81. The number of nitrogens with zero attached hydrogens (tertiary/aromatic N) is 3. The minimum Gasteiger partial charge on any atom is -0.275 e. The molecular weight excluding hydrogens is 435 g/mol. The lowest BCUT2D eigenvalue weighted by Gasteiger charge is -2.06. The molecule has 4 rings (SSSR count). The SMILES string of the molecule is Clc1cc(Cl)c(NN=Cc2cn(-c3cccs3)nc2-c2ccccc2)c(Cl)c1. The Balaban J connectivity index is 1.68. The molecule has 0 spiro atoms. The topological polar surface area (TPSA) is 42.2 Å². The molecule has 0 bridgehead atoms. The van der Waals surface area contributed by atoms with E-state index >= 15 is 0 Å². The molecular formula is C20H13Cl3N4S. The first-order valence-corrected chi connectivity index (χ1v) is 10.3. The average Bonchev–Trinajstić information content (AvgIpc) is 3.34. The summed E-state index contributed by atoms with van der Waals surface area (Å²) in [7, 11) is 0. The number of thiophene rings is 1. The van der Waals surface area contributed by atoms with Gasteiger partial charge in [0.15, 0.2) is 0 Å². The summed E-state index contributed by atoms with van der Waals surface area (Å²) in [6, 6.07) is 17.2. The smallest absolute Gasteiger partial charge is 0.117 e. The van der Waals surface area contributed by atoms with Crippen LogP contribution in [0.1, 0.15) is 5.56 Å². The Morgan fingerprint density at radius 3 is 2.43 bits per heavy atom. The molecule has 2 aromatic heterocycles. The van der Waals surface area contributed by atoms with E-state index in [1.54, 1.807) is 29.7 Å². The molecule has 1 N–H and O–H groups in total. The zero-order valence-electron chi connectivity index (χ0n) is 14.3. The van der Waals surface area contributed by atoms with Gasteiger partial charge in [-0.15, -0.1) is 11.3 Å². The monoisotopic (exact) mass is 446 g/mol. The van der Waals surface area contributed by atoms with E-state index in [0.29, 0.717) is 20.8 Å². The first kappa shape index (κ1) is 19.0. The summed E-state index contributed by atoms with van der Waals surface area (Å²) in [5, 5.41) is 13.3. The van der Waals surface area contributed by atoms with Crippen LogP contribution >= 0.6 is 46.1 Å². The quantitative estimate of drug-likeness (QED) is 0.264. The van der Waals surface area contributed by atoms with Gasteiger partial charge in [-0.1, -0.05) is 65.1 Å². The van der Waals surface area contributed by atoms with Crippen molar-refractivity contribution in [1.82, 2.24) is 9.78 Å². The standard InChI is InChI=1S/C20H13Cl3N4S/c21-15-9-16(22)20(17(23)10-15)25-24-11-14-12-27(18-7-4-8-28-18)26-19(14)13-5-2-1-3-6-13/h1-12,25H. The highest BCUT2D eigenvalue weighted by atomic mass is 35.5. The van der Waals surface area contributed by atoms with Crippen molar-refractivity contribution in [2.24, 2.45) is 5.10 Å². The van der Waals surface area contributed by atoms with Crippen molar-refractivity contribution in [3.05, 3.63) is 86.8 Å². The molecule has 0 atom stereocenters. The fourth-order valence-corrected chi connectivity index (χ4v) is 4.19. The molecule has 0 unspecified atom stereocenters. The van der Waals surface area contributed by atoms with E-state index in [2.05, 4.69) is 10.5 Å². The molecule has 0 radical (unpaired) electrons. The molecule has 4 nitrogen and oxygen atoms in total. The van der Waals surface area contributed by atoms with Crippen molar-refractivity contribution in [2.45, 2.75) is 0 Å².